The molecule has 1 aromatic heterocycles. The lowest BCUT2D eigenvalue weighted by atomic mass is 10.1. The van der Waals surface area contributed by atoms with E-state index in [1.54, 1.807) is 29.2 Å². The molecule has 1 aromatic carbocycles. The number of hydrogen-bond acceptors (Lipinski definition) is 7. The highest BCUT2D eigenvalue weighted by molar-refractivity contribution is 7.11. The molecule has 0 unspecified atom stereocenters. The van der Waals surface area contributed by atoms with Gasteiger partial charge in [-0.25, -0.2) is 9.48 Å². The summed E-state index contributed by atoms with van der Waals surface area (Å²) >= 11 is 1.13. The predicted molar refractivity (Wildman–Crippen MR) is 128 cm³/mol. The summed E-state index contributed by atoms with van der Waals surface area (Å²) in [6.45, 7) is 1.46. The van der Waals surface area contributed by atoms with Crippen LogP contribution >= 0.6 is 11.3 Å². The molecule has 11 heteroatoms. The van der Waals surface area contributed by atoms with E-state index >= 15 is 0 Å². The van der Waals surface area contributed by atoms with Gasteiger partial charge in [0.15, 0.2) is 5.49 Å². The fourth-order valence-corrected chi connectivity index (χ4v) is 4.78. The molecule has 1 amide bonds. The molecule has 0 radical (unpaired) electrons. The van der Waals surface area contributed by atoms with E-state index in [1.807, 2.05) is 0 Å². The number of carbonyl (C=O) groups excluding carboxylic acids is 1. The Labute approximate surface area is 201 Å². The van der Waals surface area contributed by atoms with Gasteiger partial charge in [0, 0.05) is 24.7 Å². The number of aromatic carboxylic acids is 1. The molecule has 3 N–H and O–H groups in total. The first kappa shape index (κ1) is 22.5. The maximum Gasteiger partial charge on any atom is 0.335 e. The van der Waals surface area contributed by atoms with Gasteiger partial charge in [0.05, 0.1) is 10.8 Å². The summed E-state index contributed by atoms with van der Waals surface area (Å²) in [5, 5.41) is 20.9. The van der Waals surface area contributed by atoms with Gasteiger partial charge in [0.25, 0.3) is 5.56 Å². The Kier molecular flexibility index (Phi) is 5.91. The molecule has 1 fully saturated rings. The number of H-pyrrole nitrogens is 1. The van der Waals surface area contributed by atoms with Crippen LogP contribution in [0.1, 0.15) is 35.4 Å². The Hall–Kier alpha value is -4.25. The van der Waals surface area contributed by atoms with Crippen LogP contribution in [-0.2, 0) is 4.79 Å². The monoisotopic (exact) mass is 491 g/mol. The van der Waals surface area contributed by atoms with Crippen molar-refractivity contribution in [3.05, 3.63) is 73.4 Å². The zero-order chi connectivity index (χ0) is 24.5. The molecule has 1 saturated heterocycles. The van der Waals surface area contributed by atoms with E-state index in [4.69, 9.17) is 14.9 Å². The largest absolute Gasteiger partial charge is 0.478 e. The number of aromatic nitrogens is 3. The molecule has 35 heavy (non-hydrogen) atoms. The van der Waals surface area contributed by atoms with Gasteiger partial charge in [-0.3, -0.25) is 20.1 Å². The van der Waals surface area contributed by atoms with Crippen molar-refractivity contribution in [2.45, 2.75) is 19.3 Å². The van der Waals surface area contributed by atoms with Crippen molar-refractivity contribution in [3.8, 4) is 16.5 Å². The van der Waals surface area contributed by atoms with E-state index in [-0.39, 0.29) is 27.3 Å². The number of aromatic amines is 1. The van der Waals surface area contributed by atoms with Crippen LogP contribution in [0.3, 0.4) is 0 Å². The highest BCUT2D eigenvalue weighted by atomic mass is 32.1. The summed E-state index contributed by atoms with van der Waals surface area (Å²) in [4.78, 5) is 42.1. The average molecular weight is 492 g/mol. The Morgan fingerprint density at radius 2 is 1.86 bits per heavy atom. The van der Waals surface area contributed by atoms with Crippen LogP contribution in [0.4, 0.5) is 0 Å². The van der Waals surface area contributed by atoms with E-state index in [0.29, 0.717) is 21.7 Å². The van der Waals surface area contributed by atoms with Gasteiger partial charge in [-0.15, -0.1) is 0 Å². The summed E-state index contributed by atoms with van der Waals surface area (Å²) in [6, 6.07) is 9.58. The normalized spacial score (nSPS) is 15.1. The second-order valence-corrected chi connectivity index (χ2v) is 9.14. The first-order chi connectivity index (χ1) is 16.9. The number of piperidine rings is 1. The summed E-state index contributed by atoms with van der Waals surface area (Å²) in [5.74, 6) is -0.285. The molecule has 2 aromatic rings. The average Bonchev–Trinajstić information content (AvgIpc) is 3.49. The number of nitrogens with zero attached hydrogens (tertiary/aromatic N) is 3. The Morgan fingerprint density at radius 1 is 1.11 bits per heavy atom. The lowest BCUT2D eigenvalue weighted by Gasteiger charge is -2.25. The van der Waals surface area contributed by atoms with E-state index in [1.165, 1.54) is 29.0 Å². The van der Waals surface area contributed by atoms with Crippen molar-refractivity contribution >= 4 is 35.4 Å². The van der Waals surface area contributed by atoms with Crippen LogP contribution in [0.15, 0.2) is 45.6 Å². The number of furan rings is 1. The maximum atomic E-state index is 12.6. The molecule has 3 aliphatic rings. The SMILES string of the molecule is N=c1/c(=C/c2ccc(-c3ccc(C(=O)O)cc3)o2)c(=O)nc2s/c(=C/C(=O)N3CCCCC3)[nH]n1-2. The highest BCUT2D eigenvalue weighted by Crippen LogP contribution is 2.23. The second-order valence-electron chi connectivity index (χ2n) is 8.13. The quantitative estimate of drug-likeness (QED) is 0.390. The molecule has 0 saturated carbocycles. The van der Waals surface area contributed by atoms with E-state index in [0.717, 1.165) is 43.7 Å². The van der Waals surface area contributed by atoms with Crippen molar-refractivity contribution in [2.75, 3.05) is 13.1 Å². The molecule has 178 valence electrons. The van der Waals surface area contributed by atoms with Crippen LogP contribution in [0, 0.1) is 5.41 Å². The van der Waals surface area contributed by atoms with Gasteiger partial charge in [0.1, 0.15) is 16.2 Å². The molecule has 0 spiro atoms. The van der Waals surface area contributed by atoms with E-state index < -0.39 is 11.5 Å². The molecule has 0 bridgehead atoms. The number of likely N-dealkylation sites (tertiary alicyclic amines) is 1. The molecule has 0 atom stereocenters. The Morgan fingerprint density at radius 3 is 2.57 bits per heavy atom. The van der Waals surface area contributed by atoms with Crippen molar-refractivity contribution in [2.24, 2.45) is 0 Å². The van der Waals surface area contributed by atoms with Gasteiger partial charge in [-0.05, 0) is 49.6 Å². The van der Waals surface area contributed by atoms with Gasteiger partial charge in [0.2, 0.25) is 11.0 Å². The number of carbonyl (C=O) groups is 2. The zero-order valence-corrected chi connectivity index (χ0v) is 19.3. The number of rotatable bonds is 4. The Balaban J connectivity index is 1.49. The van der Waals surface area contributed by atoms with Gasteiger partial charge in [-0.1, -0.05) is 23.5 Å². The maximum absolute atomic E-state index is 12.6. The first-order valence-electron chi connectivity index (χ1n) is 11.0. The molecule has 0 aliphatic carbocycles. The summed E-state index contributed by atoms with van der Waals surface area (Å²) in [5.41, 5.74) is 0.156. The number of amides is 1. The number of carboxylic acid groups (broad SMARTS) is 1. The lowest BCUT2D eigenvalue weighted by molar-refractivity contribution is -0.125. The van der Waals surface area contributed by atoms with Gasteiger partial charge >= 0.3 is 5.97 Å². The number of fused-ring (bicyclic) bond motifs is 1. The molecule has 5 rings (SSSR count). The van der Waals surface area contributed by atoms with Crippen molar-refractivity contribution in [1.82, 2.24) is 19.7 Å². The smallest absolute Gasteiger partial charge is 0.335 e. The second kappa shape index (κ2) is 9.18. The fourth-order valence-electron chi connectivity index (χ4n) is 3.93. The van der Waals surface area contributed by atoms with Crippen LogP contribution < -0.4 is 20.9 Å². The third-order valence-corrected chi connectivity index (χ3v) is 6.66. The molecule has 10 nitrogen and oxygen atoms in total. The lowest BCUT2D eigenvalue weighted by Crippen LogP contribution is -2.47. The van der Waals surface area contributed by atoms with Crippen LogP contribution in [0.5, 0.6) is 0 Å². The van der Waals surface area contributed by atoms with Crippen molar-refractivity contribution in [3.63, 3.8) is 0 Å². The molecular formula is C24H21N5O5S. The number of nitrogens with one attached hydrogen (secondary N) is 2. The highest BCUT2D eigenvalue weighted by Gasteiger charge is 2.16. The summed E-state index contributed by atoms with van der Waals surface area (Å²) in [7, 11) is 0. The van der Waals surface area contributed by atoms with Gasteiger partial charge in [-0.2, -0.15) is 4.98 Å². The Bertz CT molecular complexity index is 1620. The standard InChI is InChI=1S/C24H21N5O5S/c25-21-17(12-16-8-9-18(34-16)14-4-6-15(7-5-14)23(32)33)22(31)26-24-29(21)27-19(35-24)13-20(30)28-10-2-1-3-11-28/h4-9,12-13,25,27H,1-3,10-11H2,(H,32,33)/b17-12-,19-13+,25-21?. The van der Waals surface area contributed by atoms with Crippen molar-refractivity contribution < 1.29 is 19.1 Å². The minimum atomic E-state index is -1.02. The minimum Gasteiger partial charge on any atom is -0.478 e. The topological polar surface area (TPSA) is 145 Å². The number of benzene rings is 1. The number of hydrogen-bond donors (Lipinski definition) is 3. The van der Waals surface area contributed by atoms with E-state index in [2.05, 4.69) is 10.1 Å². The molecular weight excluding hydrogens is 470 g/mol. The third-order valence-electron chi connectivity index (χ3n) is 5.77. The zero-order valence-electron chi connectivity index (χ0n) is 18.5. The van der Waals surface area contributed by atoms with Crippen molar-refractivity contribution in [1.29, 1.82) is 5.41 Å². The van der Waals surface area contributed by atoms with Crippen LogP contribution in [0.25, 0.3) is 28.6 Å². The summed E-state index contributed by atoms with van der Waals surface area (Å²) < 4.78 is 7.66. The number of carboxylic acids is 1. The predicted octanol–water partition coefficient (Wildman–Crippen LogP) is 1.12. The molecule has 3 aliphatic heterocycles. The first-order valence-corrected chi connectivity index (χ1v) is 11.8. The molecule has 4 heterocycles. The van der Waals surface area contributed by atoms with Crippen LogP contribution in [0.2, 0.25) is 0 Å². The van der Waals surface area contributed by atoms with Gasteiger partial charge < -0.3 is 14.4 Å². The van der Waals surface area contributed by atoms with Crippen LogP contribution in [-0.4, -0.2) is 49.7 Å². The fraction of sp³-hybridized carbons (Fsp3) is 0.208. The van der Waals surface area contributed by atoms with E-state index in [9.17, 15) is 14.4 Å². The minimum absolute atomic E-state index is 0.0348. The summed E-state index contributed by atoms with van der Waals surface area (Å²) in [6.07, 6.45) is 6.02. The third kappa shape index (κ3) is 4.58.